The number of sulfonamides is 1. The Bertz CT molecular complexity index is 526. The largest absolute Gasteiger partial charge is 0.347 e. The van der Waals surface area contributed by atoms with Gasteiger partial charge in [0.1, 0.15) is 0 Å². The molecule has 0 aromatic heterocycles. The maximum atomic E-state index is 12.0. The van der Waals surface area contributed by atoms with Crippen molar-refractivity contribution in [1.82, 2.24) is 9.62 Å². The molecule has 0 saturated carbocycles. The number of hydrogen-bond acceptors (Lipinski definition) is 3. The highest BCUT2D eigenvalue weighted by atomic mass is 35.5. The summed E-state index contributed by atoms with van der Waals surface area (Å²) in [5, 5.41) is 0.450. The van der Waals surface area contributed by atoms with E-state index in [1.165, 1.54) is 36.1 Å². The summed E-state index contributed by atoms with van der Waals surface area (Å²) < 4.78 is 26.2. The molecule has 7 heteroatoms. The van der Waals surface area contributed by atoms with Gasteiger partial charge >= 0.3 is 0 Å². The third-order valence-electron chi connectivity index (χ3n) is 2.27. The molecule has 0 saturated heterocycles. The predicted octanol–water partition coefficient (Wildman–Crippen LogP) is 1.09. The molecule has 100 valence electrons. The van der Waals surface area contributed by atoms with Crippen molar-refractivity contribution >= 4 is 27.5 Å². The van der Waals surface area contributed by atoms with E-state index >= 15 is 0 Å². The van der Waals surface area contributed by atoms with Gasteiger partial charge in [-0.3, -0.25) is 4.79 Å². The van der Waals surface area contributed by atoms with E-state index in [4.69, 9.17) is 11.6 Å². The van der Waals surface area contributed by atoms with E-state index in [0.717, 1.165) is 0 Å². The van der Waals surface area contributed by atoms with Crippen LogP contribution in [0.25, 0.3) is 0 Å². The Morgan fingerprint density at radius 2 is 1.78 bits per heavy atom. The number of carbonyl (C=O) groups excluding carboxylic acids is 1. The van der Waals surface area contributed by atoms with Crippen LogP contribution in [0.5, 0.6) is 0 Å². The maximum absolute atomic E-state index is 12.0. The molecule has 0 radical (unpaired) electrons. The van der Waals surface area contributed by atoms with Crippen molar-refractivity contribution in [3.05, 3.63) is 29.3 Å². The van der Waals surface area contributed by atoms with Crippen LogP contribution in [0.2, 0.25) is 5.02 Å². The summed E-state index contributed by atoms with van der Waals surface area (Å²) in [6.07, 6.45) is 0. The molecule has 1 atom stereocenters. The molecule has 0 fully saturated rings. The number of nitrogens with zero attached hydrogens (tertiary/aromatic N) is 1. The van der Waals surface area contributed by atoms with Crippen molar-refractivity contribution in [1.29, 1.82) is 0 Å². The molecule has 0 bridgehead atoms. The number of carbonyl (C=O) groups is 1. The lowest BCUT2D eigenvalue weighted by Gasteiger charge is -2.18. The van der Waals surface area contributed by atoms with Crippen LogP contribution in [0, 0.1) is 0 Å². The first-order chi connectivity index (χ1) is 8.24. The molecule has 5 nitrogen and oxygen atoms in total. The van der Waals surface area contributed by atoms with Gasteiger partial charge < -0.3 is 4.90 Å². The van der Waals surface area contributed by atoms with Crippen molar-refractivity contribution in [3.63, 3.8) is 0 Å². The molecule has 1 N–H and O–H groups in total. The fourth-order valence-electron chi connectivity index (χ4n) is 1.35. The molecule has 0 aliphatic carbocycles. The summed E-state index contributed by atoms with van der Waals surface area (Å²) in [5.41, 5.74) is 0. The molecule has 1 aromatic rings. The normalized spacial score (nSPS) is 13.1. The van der Waals surface area contributed by atoms with Gasteiger partial charge in [-0.2, -0.15) is 4.72 Å². The lowest BCUT2D eigenvalue weighted by atomic mass is 10.3. The minimum absolute atomic E-state index is 0.0744. The van der Waals surface area contributed by atoms with Crippen molar-refractivity contribution in [3.8, 4) is 0 Å². The van der Waals surface area contributed by atoms with Gasteiger partial charge in [0.15, 0.2) is 0 Å². The first kappa shape index (κ1) is 14.9. The van der Waals surface area contributed by atoms with E-state index < -0.39 is 16.1 Å². The van der Waals surface area contributed by atoms with E-state index in [-0.39, 0.29) is 10.8 Å². The van der Waals surface area contributed by atoms with Crippen molar-refractivity contribution < 1.29 is 13.2 Å². The van der Waals surface area contributed by atoms with Gasteiger partial charge in [-0.1, -0.05) is 11.6 Å². The number of hydrogen-bond donors (Lipinski definition) is 1. The third kappa shape index (κ3) is 3.69. The highest BCUT2D eigenvalue weighted by Gasteiger charge is 2.22. The standard InChI is InChI=1S/C11H15ClN2O3S/c1-8(11(15)14(2)3)13-18(16,17)10-6-4-9(12)5-7-10/h4-8,13H,1-3H3. The topological polar surface area (TPSA) is 66.5 Å². The summed E-state index contributed by atoms with van der Waals surface area (Å²) in [6.45, 7) is 1.50. The SMILES string of the molecule is CC(NS(=O)(=O)c1ccc(Cl)cc1)C(=O)N(C)C. The maximum Gasteiger partial charge on any atom is 0.241 e. The number of amides is 1. The van der Waals surface area contributed by atoms with Gasteiger partial charge in [0.2, 0.25) is 15.9 Å². The van der Waals surface area contributed by atoms with Crippen LogP contribution in [0.15, 0.2) is 29.2 Å². The first-order valence-corrected chi connectivity index (χ1v) is 7.09. The summed E-state index contributed by atoms with van der Waals surface area (Å²) in [4.78, 5) is 13.0. The van der Waals surface area contributed by atoms with Crippen LogP contribution in [-0.4, -0.2) is 39.4 Å². The average Bonchev–Trinajstić information content (AvgIpc) is 2.27. The second-order valence-corrected chi connectivity index (χ2v) is 6.18. The second-order valence-electron chi connectivity index (χ2n) is 4.03. The molecule has 0 aliphatic rings. The number of likely N-dealkylation sites (N-methyl/N-ethyl adjacent to an activating group) is 1. The Morgan fingerprint density at radius 1 is 1.28 bits per heavy atom. The van der Waals surface area contributed by atoms with E-state index in [0.29, 0.717) is 5.02 Å². The van der Waals surface area contributed by atoms with Gasteiger partial charge in [-0.05, 0) is 31.2 Å². The van der Waals surface area contributed by atoms with Crippen LogP contribution < -0.4 is 4.72 Å². The molecule has 18 heavy (non-hydrogen) atoms. The van der Waals surface area contributed by atoms with Gasteiger partial charge in [-0.15, -0.1) is 0 Å². The number of rotatable bonds is 4. The predicted molar refractivity (Wildman–Crippen MR) is 69.9 cm³/mol. The molecule has 1 unspecified atom stereocenters. The van der Waals surface area contributed by atoms with Gasteiger partial charge in [-0.25, -0.2) is 8.42 Å². The highest BCUT2D eigenvalue weighted by Crippen LogP contribution is 2.14. The van der Waals surface area contributed by atoms with E-state index in [2.05, 4.69) is 4.72 Å². The van der Waals surface area contributed by atoms with Gasteiger partial charge in [0, 0.05) is 19.1 Å². The fraction of sp³-hybridized carbons (Fsp3) is 0.364. The third-order valence-corrected chi connectivity index (χ3v) is 4.08. The summed E-state index contributed by atoms with van der Waals surface area (Å²) in [5.74, 6) is -0.312. The molecule has 0 heterocycles. The Kier molecular flexibility index (Phi) is 4.72. The lowest BCUT2D eigenvalue weighted by molar-refractivity contribution is -0.130. The zero-order chi connectivity index (χ0) is 13.9. The highest BCUT2D eigenvalue weighted by molar-refractivity contribution is 7.89. The summed E-state index contributed by atoms with van der Waals surface area (Å²) >= 11 is 5.68. The van der Waals surface area contributed by atoms with E-state index in [1.807, 2.05) is 0 Å². The monoisotopic (exact) mass is 290 g/mol. The molecule has 1 rings (SSSR count). The van der Waals surface area contributed by atoms with Crippen molar-refractivity contribution in [2.24, 2.45) is 0 Å². The molecular weight excluding hydrogens is 276 g/mol. The Balaban J connectivity index is 2.89. The van der Waals surface area contributed by atoms with Crippen LogP contribution >= 0.6 is 11.6 Å². The first-order valence-electron chi connectivity index (χ1n) is 5.23. The molecule has 1 amide bonds. The Labute approximate surface area is 112 Å². The minimum Gasteiger partial charge on any atom is -0.347 e. The van der Waals surface area contributed by atoms with Crippen molar-refractivity contribution in [2.75, 3.05) is 14.1 Å². The quantitative estimate of drug-likeness (QED) is 0.903. The fourth-order valence-corrected chi connectivity index (χ4v) is 2.67. The van der Waals surface area contributed by atoms with E-state index in [9.17, 15) is 13.2 Å². The number of nitrogens with one attached hydrogen (secondary N) is 1. The molecule has 1 aromatic carbocycles. The number of benzene rings is 1. The van der Waals surface area contributed by atoms with E-state index in [1.54, 1.807) is 14.1 Å². The lowest BCUT2D eigenvalue weighted by Crippen LogP contribution is -2.44. The summed E-state index contributed by atoms with van der Waals surface area (Å²) in [6, 6.07) is 4.92. The van der Waals surface area contributed by atoms with Crippen molar-refractivity contribution in [2.45, 2.75) is 17.9 Å². The molecule has 0 aliphatic heterocycles. The molecular formula is C11H15ClN2O3S. The summed E-state index contributed by atoms with van der Waals surface area (Å²) in [7, 11) is -0.581. The van der Waals surface area contributed by atoms with Crippen LogP contribution in [-0.2, 0) is 14.8 Å². The second kappa shape index (κ2) is 5.69. The molecule has 0 spiro atoms. The minimum atomic E-state index is -3.71. The van der Waals surface area contributed by atoms with Gasteiger partial charge in [0.05, 0.1) is 10.9 Å². The Hall–Kier alpha value is -1.11. The van der Waals surface area contributed by atoms with Crippen LogP contribution in [0.1, 0.15) is 6.92 Å². The van der Waals surface area contributed by atoms with Crippen LogP contribution in [0.4, 0.5) is 0 Å². The zero-order valence-corrected chi connectivity index (χ0v) is 11.9. The average molecular weight is 291 g/mol. The Morgan fingerprint density at radius 3 is 2.22 bits per heavy atom. The number of halogens is 1. The van der Waals surface area contributed by atoms with Crippen LogP contribution in [0.3, 0.4) is 0 Å². The smallest absolute Gasteiger partial charge is 0.241 e. The zero-order valence-electron chi connectivity index (χ0n) is 10.3. The van der Waals surface area contributed by atoms with Gasteiger partial charge in [0.25, 0.3) is 0 Å².